The number of amides is 4. The molecular formula is C23H19N3O3. The molecular weight excluding hydrogens is 366 g/mol. The summed E-state index contributed by atoms with van der Waals surface area (Å²) >= 11 is 0. The van der Waals surface area contributed by atoms with Crippen LogP contribution in [0.1, 0.15) is 18.1 Å². The van der Waals surface area contributed by atoms with Crippen molar-refractivity contribution in [2.75, 3.05) is 4.90 Å². The molecule has 1 saturated heterocycles. The number of aromatic nitrogens is 1. The summed E-state index contributed by atoms with van der Waals surface area (Å²) in [6.45, 7) is 1.94. The maximum Gasteiger partial charge on any atom is 0.335 e. The van der Waals surface area contributed by atoms with Gasteiger partial charge in [-0.05, 0) is 47.9 Å². The number of hydrogen-bond donors (Lipinski definition) is 1. The Bertz CT molecular complexity index is 1130. The van der Waals surface area contributed by atoms with Gasteiger partial charge in [-0.3, -0.25) is 14.9 Å². The molecule has 1 aliphatic heterocycles. The molecule has 2 heterocycles. The second-order valence-corrected chi connectivity index (χ2v) is 6.63. The molecule has 0 unspecified atom stereocenters. The van der Waals surface area contributed by atoms with Crippen LogP contribution in [0.5, 0.6) is 0 Å². The quantitative estimate of drug-likeness (QED) is 0.550. The van der Waals surface area contributed by atoms with Gasteiger partial charge in [0, 0.05) is 18.1 Å². The second kappa shape index (κ2) is 7.59. The molecule has 1 N–H and O–H groups in total. The third-order valence-corrected chi connectivity index (χ3v) is 4.80. The third kappa shape index (κ3) is 3.48. The van der Waals surface area contributed by atoms with Crippen molar-refractivity contribution < 1.29 is 14.4 Å². The number of aryl methyl sites for hydroxylation is 1. The van der Waals surface area contributed by atoms with Gasteiger partial charge in [-0.15, -0.1) is 0 Å². The number of benzene rings is 2. The molecule has 0 spiro atoms. The van der Waals surface area contributed by atoms with E-state index in [2.05, 4.69) is 5.32 Å². The first-order valence-corrected chi connectivity index (χ1v) is 9.31. The fraction of sp³-hybridized carbons (Fsp3) is 0.0870. The number of hydrogen-bond acceptors (Lipinski definition) is 3. The van der Waals surface area contributed by atoms with Gasteiger partial charge in [0.1, 0.15) is 5.57 Å². The number of urea groups is 1. The van der Waals surface area contributed by atoms with Crippen molar-refractivity contribution in [3.63, 3.8) is 0 Å². The second-order valence-electron chi connectivity index (χ2n) is 6.63. The van der Waals surface area contributed by atoms with Gasteiger partial charge in [0.05, 0.1) is 5.69 Å². The molecule has 1 fully saturated rings. The van der Waals surface area contributed by atoms with Gasteiger partial charge in [-0.25, -0.2) is 9.69 Å². The van der Waals surface area contributed by atoms with E-state index in [1.54, 1.807) is 18.2 Å². The number of rotatable bonds is 4. The van der Waals surface area contributed by atoms with Gasteiger partial charge >= 0.3 is 6.03 Å². The Labute approximate surface area is 168 Å². The molecule has 0 atom stereocenters. The van der Waals surface area contributed by atoms with Gasteiger partial charge < -0.3 is 4.57 Å². The lowest BCUT2D eigenvalue weighted by molar-refractivity contribution is -0.122. The molecule has 1 aromatic heterocycles. The first kappa shape index (κ1) is 18.4. The summed E-state index contributed by atoms with van der Waals surface area (Å²) in [5.74, 6) is -1.33. The molecule has 0 bridgehead atoms. The van der Waals surface area contributed by atoms with Gasteiger partial charge in [0.2, 0.25) is 0 Å². The number of barbiturate groups is 1. The summed E-state index contributed by atoms with van der Waals surface area (Å²) in [6, 6.07) is 17.9. The topological polar surface area (TPSA) is 71.4 Å². The smallest absolute Gasteiger partial charge is 0.323 e. The first-order valence-electron chi connectivity index (χ1n) is 9.31. The normalized spacial score (nSPS) is 15.7. The zero-order valence-corrected chi connectivity index (χ0v) is 15.8. The molecule has 0 aliphatic carbocycles. The van der Waals surface area contributed by atoms with E-state index in [9.17, 15) is 14.4 Å². The standard InChI is InChI=1S/C23H19N3O3/c1-2-17-8-6-7-11-20(17)26-22(28)19(21(27)24-23(26)29)14-16-12-13-25(15-16)18-9-4-3-5-10-18/h3-15H,2H2,1H3,(H,24,27,29)/b19-14-. The van der Waals surface area contributed by atoms with Crippen LogP contribution in [0, 0.1) is 0 Å². The lowest BCUT2D eigenvalue weighted by atomic mass is 10.1. The summed E-state index contributed by atoms with van der Waals surface area (Å²) in [6.07, 6.45) is 5.83. The number of nitrogens with zero attached hydrogens (tertiary/aromatic N) is 2. The van der Waals surface area contributed by atoms with E-state index < -0.39 is 17.8 Å². The lowest BCUT2D eigenvalue weighted by Gasteiger charge is -2.27. The van der Waals surface area contributed by atoms with Crippen LogP contribution in [0.25, 0.3) is 11.8 Å². The predicted molar refractivity (Wildman–Crippen MR) is 111 cm³/mol. The number of carbonyl (C=O) groups is 3. The van der Waals surface area contributed by atoms with Crippen molar-refractivity contribution in [3.8, 4) is 5.69 Å². The molecule has 2 aromatic carbocycles. The largest absolute Gasteiger partial charge is 0.335 e. The Hall–Kier alpha value is -3.93. The number of anilines is 1. The van der Waals surface area contributed by atoms with Crippen molar-refractivity contribution in [1.29, 1.82) is 0 Å². The molecule has 6 nitrogen and oxygen atoms in total. The highest BCUT2D eigenvalue weighted by Crippen LogP contribution is 2.26. The molecule has 1 aliphatic rings. The molecule has 144 valence electrons. The molecule has 0 saturated carbocycles. The Morgan fingerprint density at radius 3 is 2.41 bits per heavy atom. The molecule has 4 amide bonds. The molecule has 29 heavy (non-hydrogen) atoms. The highest BCUT2D eigenvalue weighted by Gasteiger charge is 2.37. The van der Waals surface area contributed by atoms with Crippen molar-refractivity contribution in [2.24, 2.45) is 0 Å². The molecule has 4 rings (SSSR count). The number of imide groups is 2. The minimum absolute atomic E-state index is 0.0821. The molecule has 0 radical (unpaired) electrons. The van der Waals surface area contributed by atoms with Crippen LogP contribution < -0.4 is 10.2 Å². The van der Waals surface area contributed by atoms with E-state index >= 15 is 0 Å². The molecule has 3 aromatic rings. The van der Waals surface area contributed by atoms with Crippen LogP contribution in [0.2, 0.25) is 0 Å². The van der Waals surface area contributed by atoms with Gasteiger partial charge in [-0.1, -0.05) is 43.3 Å². The first-order chi connectivity index (χ1) is 14.1. The maximum absolute atomic E-state index is 13.1. The Morgan fingerprint density at radius 2 is 1.66 bits per heavy atom. The van der Waals surface area contributed by atoms with Crippen LogP contribution in [-0.4, -0.2) is 22.4 Å². The van der Waals surface area contributed by atoms with E-state index in [1.807, 2.05) is 66.3 Å². The van der Waals surface area contributed by atoms with E-state index in [4.69, 9.17) is 0 Å². The van der Waals surface area contributed by atoms with Crippen molar-refractivity contribution >= 4 is 29.6 Å². The Morgan fingerprint density at radius 1 is 0.931 bits per heavy atom. The van der Waals surface area contributed by atoms with Crippen molar-refractivity contribution in [3.05, 3.63) is 89.8 Å². The van der Waals surface area contributed by atoms with E-state index in [0.29, 0.717) is 17.7 Å². The number of para-hydroxylation sites is 2. The third-order valence-electron chi connectivity index (χ3n) is 4.80. The Kier molecular flexibility index (Phi) is 4.83. The van der Waals surface area contributed by atoms with Crippen LogP contribution in [0.4, 0.5) is 10.5 Å². The summed E-state index contributed by atoms with van der Waals surface area (Å²) in [4.78, 5) is 38.9. The lowest BCUT2D eigenvalue weighted by Crippen LogP contribution is -2.54. The van der Waals surface area contributed by atoms with E-state index in [-0.39, 0.29) is 5.57 Å². The van der Waals surface area contributed by atoms with Crippen LogP contribution in [-0.2, 0) is 16.0 Å². The van der Waals surface area contributed by atoms with Crippen LogP contribution in [0.15, 0.2) is 78.6 Å². The highest BCUT2D eigenvalue weighted by molar-refractivity contribution is 6.39. The summed E-state index contributed by atoms with van der Waals surface area (Å²) < 4.78 is 1.90. The fourth-order valence-electron chi connectivity index (χ4n) is 3.33. The number of nitrogens with one attached hydrogen (secondary N) is 1. The monoisotopic (exact) mass is 385 g/mol. The summed E-state index contributed by atoms with van der Waals surface area (Å²) in [7, 11) is 0. The minimum Gasteiger partial charge on any atom is -0.323 e. The van der Waals surface area contributed by atoms with Gasteiger partial charge in [0.15, 0.2) is 0 Å². The number of carbonyl (C=O) groups excluding carboxylic acids is 3. The average molecular weight is 385 g/mol. The average Bonchev–Trinajstić information content (AvgIpc) is 3.21. The van der Waals surface area contributed by atoms with Crippen molar-refractivity contribution in [2.45, 2.75) is 13.3 Å². The molecule has 6 heteroatoms. The van der Waals surface area contributed by atoms with Gasteiger partial charge in [-0.2, -0.15) is 0 Å². The van der Waals surface area contributed by atoms with Crippen molar-refractivity contribution in [1.82, 2.24) is 9.88 Å². The van der Waals surface area contributed by atoms with E-state index in [1.165, 1.54) is 6.08 Å². The minimum atomic E-state index is -0.736. The zero-order valence-electron chi connectivity index (χ0n) is 15.8. The van der Waals surface area contributed by atoms with Crippen LogP contribution >= 0.6 is 0 Å². The predicted octanol–water partition coefficient (Wildman–Crippen LogP) is 3.71. The Balaban J connectivity index is 1.70. The SMILES string of the molecule is CCc1ccccc1N1C(=O)NC(=O)/C(=C/c2ccn(-c3ccccc3)c2)C1=O. The maximum atomic E-state index is 13.1. The van der Waals surface area contributed by atoms with E-state index in [0.717, 1.165) is 16.2 Å². The van der Waals surface area contributed by atoms with Crippen LogP contribution in [0.3, 0.4) is 0 Å². The summed E-state index contributed by atoms with van der Waals surface area (Å²) in [5.41, 5.74) is 2.90. The fourth-order valence-corrected chi connectivity index (χ4v) is 3.33. The zero-order chi connectivity index (χ0) is 20.4. The summed E-state index contributed by atoms with van der Waals surface area (Å²) in [5, 5.41) is 2.27. The highest BCUT2D eigenvalue weighted by atomic mass is 16.2. The van der Waals surface area contributed by atoms with Gasteiger partial charge in [0.25, 0.3) is 11.8 Å².